The van der Waals surface area contributed by atoms with E-state index in [1.165, 1.54) is 4.31 Å². The third-order valence-electron chi connectivity index (χ3n) is 4.30. The highest BCUT2D eigenvalue weighted by atomic mass is 35.5. The van der Waals surface area contributed by atoms with Crippen LogP contribution in [0.2, 0.25) is 5.02 Å². The number of nitrogens with zero attached hydrogens (tertiary/aromatic N) is 3. The second-order valence-corrected chi connectivity index (χ2v) is 8.12. The zero-order valence-electron chi connectivity index (χ0n) is 14.4. The van der Waals surface area contributed by atoms with Gasteiger partial charge in [0.15, 0.2) is 0 Å². The molecule has 0 unspecified atom stereocenters. The van der Waals surface area contributed by atoms with Gasteiger partial charge in [0.2, 0.25) is 10.0 Å². The molecule has 0 atom stereocenters. The molecule has 0 aliphatic carbocycles. The topological polar surface area (TPSA) is 55.2 Å². The number of aryl methyl sites for hydroxylation is 1. The predicted octanol–water partition coefficient (Wildman–Crippen LogP) is 3.92. The number of rotatable bonds is 5. The van der Waals surface area contributed by atoms with E-state index >= 15 is 0 Å². The molecule has 5 nitrogen and oxygen atoms in total. The molecule has 0 saturated carbocycles. The van der Waals surface area contributed by atoms with Crippen LogP contribution >= 0.6 is 11.6 Å². The van der Waals surface area contributed by atoms with E-state index in [2.05, 4.69) is 4.98 Å². The van der Waals surface area contributed by atoms with E-state index < -0.39 is 10.0 Å². The Labute approximate surface area is 152 Å². The molecule has 0 amide bonds. The summed E-state index contributed by atoms with van der Waals surface area (Å²) < 4.78 is 28.8. The van der Waals surface area contributed by atoms with Gasteiger partial charge in [0, 0.05) is 30.7 Å². The van der Waals surface area contributed by atoms with E-state index in [0.717, 1.165) is 16.9 Å². The smallest absolute Gasteiger partial charge is 0.243 e. The molecule has 3 aromatic rings. The lowest BCUT2D eigenvalue weighted by atomic mass is 10.2. The summed E-state index contributed by atoms with van der Waals surface area (Å²) in [6, 6.07) is 12.5. The molecule has 0 spiro atoms. The molecular weight excluding hydrogens is 358 g/mol. The normalized spacial score (nSPS) is 12.2. The van der Waals surface area contributed by atoms with Gasteiger partial charge in [-0.05, 0) is 42.5 Å². The molecule has 0 saturated heterocycles. The fraction of sp³-hybridized carbons (Fsp3) is 0.278. The summed E-state index contributed by atoms with van der Waals surface area (Å²) in [7, 11) is -1.59. The zero-order chi connectivity index (χ0) is 18.2. The highest BCUT2D eigenvalue weighted by molar-refractivity contribution is 7.89. The van der Waals surface area contributed by atoms with Crippen LogP contribution in [-0.4, -0.2) is 35.4 Å². The number of halogens is 1. The van der Waals surface area contributed by atoms with Gasteiger partial charge in [-0.25, -0.2) is 13.4 Å². The summed E-state index contributed by atoms with van der Waals surface area (Å²) in [6.45, 7) is 4.54. The van der Waals surface area contributed by atoms with Crippen LogP contribution in [-0.2, 0) is 17.1 Å². The fourth-order valence-corrected chi connectivity index (χ4v) is 4.51. The lowest BCUT2D eigenvalue weighted by Gasteiger charge is -2.18. The van der Waals surface area contributed by atoms with Crippen LogP contribution in [0.25, 0.3) is 22.4 Å². The van der Waals surface area contributed by atoms with Gasteiger partial charge in [-0.1, -0.05) is 25.4 Å². The SMILES string of the molecule is CCN(CC)S(=O)(=O)c1ccc2c(c1)nc(-c1ccc(Cl)cc1)n2C. The Bertz CT molecular complexity index is 1010. The lowest BCUT2D eigenvalue weighted by molar-refractivity contribution is 0.445. The van der Waals surface area contributed by atoms with Crippen LogP contribution < -0.4 is 0 Å². The van der Waals surface area contributed by atoms with Gasteiger partial charge in [0.1, 0.15) is 5.82 Å². The van der Waals surface area contributed by atoms with E-state index in [1.54, 1.807) is 18.2 Å². The maximum Gasteiger partial charge on any atom is 0.243 e. The maximum absolute atomic E-state index is 12.7. The molecule has 2 aromatic carbocycles. The first-order chi connectivity index (χ1) is 11.9. The van der Waals surface area contributed by atoms with Gasteiger partial charge >= 0.3 is 0 Å². The molecule has 1 heterocycles. The number of sulfonamides is 1. The van der Waals surface area contributed by atoms with Crippen LogP contribution in [0.1, 0.15) is 13.8 Å². The van der Waals surface area contributed by atoms with Crippen molar-refractivity contribution >= 4 is 32.7 Å². The second-order valence-electron chi connectivity index (χ2n) is 5.74. The van der Waals surface area contributed by atoms with Gasteiger partial charge in [0.25, 0.3) is 0 Å². The van der Waals surface area contributed by atoms with Crippen molar-refractivity contribution in [2.75, 3.05) is 13.1 Å². The van der Waals surface area contributed by atoms with Crippen molar-refractivity contribution in [2.45, 2.75) is 18.7 Å². The van der Waals surface area contributed by atoms with Crippen molar-refractivity contribution in [3.8, 4) is 11.4 Å². The highest BCUT2D eigenvalue weighted by Gasteiger charge is 2.22. The van der Waals surface area contributed by atoms with Gasteiger partial charge in [-0.2, -0.15) is 4.31 Å². The number of imidazole rings is 1. The van der Waals surface area contributed by atoms with E-state index in [0.29, 0.717) is 23.6 Å². The molecule has 0 fully saturated rings. The average molecular weight is 378 g/mol. The van der Waals surface area contributed by atoms with Crippen molar-refractivity contribution in [3.63, 3.8) is 0 Å². The molecule has 7 heteroatoms. The second kappa shape index (κ2) is 6.78. The van der Waals surface area contributed by atoms with Crippen LogP contribution in [0.4, 0.5) is 0 Å². The Morgan fingerprint density at radius 3 is 2.32 bits per heavy atom. The number of hydrogen-bond donors (Lipinski definition) is 0. The number of benzene rings is 2. The molecule has 0 aliphatic rings. The molecular formula is C18H20ClN3O2S. The summed E-state index contributed by atoms with van der Waals surface area (Å²) in [4.78, 5) is 4.90. The van der Waals surface area contributed by atoms with Crippen molar-refractivity contribution in [2.24, 2.45) is 7.05 Å². The monoisotopic (exact) mass is 377 g/mol. The van der Waals surface area contributed by atoms with E-state index in [4.69, 9.17) is 11.6 Å². The first kappa shape index (κ1) is 17.9. The minimum atomic E-state index is -3.50. The Morgan fingerprint density at radius 2 is 1.72 bits per heavy atom. The van der Waals surface area contributed by atoms with Crippen molar-refractivity contribution in [1.29, 1.82) is 0 Å². The zero-order valence-corrected chi connectivity index (χ0v) is 16.0. The van der Waals surface area contributed by atoms with Crippen molar-refractivity contribution < 1.29 is 8.42 Å². The summed E-state index contributed by atoms with van der Waals surface area (Å²) in [6.07, 6.45) is 0. The van der Waals surface area contributed by atoms with Crippen LogP contribution in [0, 0.1) is 0 Å². The summed E-state index contributed by atoms with van der Waals surface area (Å²) in [5.41, 5.74) is 2.46. The maximum atomic E-state index is 12.7. The molecule has 3 rings (SSSR count). The molecule has 0 N–H and O–H groups in total. The Balaban J connectivity index is 2.12. The van der Waals surface area contributed by atoms with Crippen LogP contribution in [0.3, 0.4) is 0 Å². The third-order valence-corrected chi connectivity index (χ3v) is 6.60. The van der Waals surface area contributed by atoms with Gasteiger partial charge in [-0.3, -0.25) is 0 Å². The Hall–Kier alpha value is -1.89. The van der Waals surface area contributed by atoms with Gasteiger partial charge < -0.3 is 4.57 Å². The summed E-state index contributed by atoms with van der Waals surface area (Å²) >= 11 is 5.95. The highest BCUT2D eigenvalue weighted by Crippen LogP contribution is 2.27. The first-order valence-corrected chi connectivity index (χ1v) is 9.92. The van der Waals surface area contributed by atoms with Crippen molar-refractivity contribution in [1.82, 2.24) is 13.9 Å². The van der Waals surface area contributed by atoms with Crippen LogP contribution in [0.5, 0.6) is 0 Å². The van der Waals surface area contributed by atoms with Crippen LogP contribution in [0.15, 0.2) is 47.4 Å². The summed E-state index contributed by atoms with van der Waals surface area (Å²) in [5.74, 6) is 0.768. The number of hydrogen-bond acceptors (Lipinski definition) is 3. The fourth-order valence-electron chi connectivity index (χ4n) is 2.91. The molecule has 0 aliphatic heterocycles. The molecule has 0 bridgehead atoms. The predicted molar refractivity (Wildman–Crippen MR) is 101 cm³/mol. The van der Waals surface area contributed by atoms with Gasteiger partial charge in [-0.15, -0.1) is 0 Å². The molecule has 132 valence electrons. The minimum Gasteiger partial charge on any atom is -0.327 e. The molecule has 25 heavy (non-hydrogen) atoms. The first-order valence-electron chi connectivity index (χ1n) is 8.11. The van der Waals surface area contributed by atoms with E-state index in [-0.39, 0.29) is 4.90 Å². The van der Waals surface area contributed by atoms with E-state index in [9.17, 15) is 8.42 Å². The molecule has 0 radical (unpaired) electrons. The van der Waals surface area contributed by atoms with E-state index in [1.807, 2.05) is 49.7 Å². The number of fused-ring (bicyclic) bond motifs is 1. The van der Waals surface area contributed by atoms with Crippen molar-refractivity contribution in [3.05, 3.63) is 47.5 Å². The quantitative estimate of drug-likeness (QED) is 0.677. The molecule has 1 aromatic heterocycles. The lowest BCUT2D eigenvalue weighted by Crippen LogP contribution is -2.30. The van der Waals surface area contributed by atoms with Gasteiger partial charge in [0.05, 0.1) is 15.9 Å². The largest absolute Gasteiger partial charge is 0.327 e. The number of aromatic nitrogens is 2. The Kier molecular flexibility index (Phi) is 4.86. The summed E-state index contributed by atoms with van der Waals surface area (Å²) in [5, 5.41) is 0.662. The minimum absolute atomic E-state index is 0.268. The third kappa shape index (κ3) is 3.17. The average Bonchev–Trinajstić information content (AvgIpc) is 2.93. The Morgan fingerprint density at radius 1 is 1.08 bits per heavy atom. The standard InChI is InChI=1S/C18H20ClN3O2S/c1-4-22(5-2)25(23,24)15-10-11-17-16(12-15)20-18(21(17)3)13-6-8-14(19)9-7-13/h6-12H,4-5H2,1-3H3.